The maximum Gasteiger partial charge on any atom is 0.269 e. The van der Waals surface area contributed by atoms with E-state index in [1.807, 2.05) is 0 Å². The number of rotatable bonds is 9. The largest absolute Gasteiger partial charge is 1.00 e. The molecule has 2 aromatic rings. The van der Waals surface area contributed by atoms with E-state index >= 15 is 0 Å². The van der Waals surface area contributed by atoms with Crippen molar-refractivity contribution in [3.63, 3.8) is 0 Å². The third-order valence-electron chi connectivity index (χ3n) is 3.95. The Morgan fingerprint density at radius 1 is 1.07 bits per heavy atom. The molecule has 6 N–H and O–H groups in total. The molecule has 2 amide bonds. The van der Waals surface area contributed by atoms with Crippen molar-refractivity contribution in [3.8, 4) is 0 Å². The maximum atomic E-state index is 12.7. The van der Waals surface area contributed by atoms with Gasteiger partial charge in [0.05, 0.1) is 4.92 Å². The van der Waals surface area contributed by atoms with Gasteiger partial charge in [0, 0.05) is 29.9 Å². The molecular weight excluding hydrogens is 412 g/mol. The number of anilines is 1. The summed E-state index contributed by atoms with van der Waals surface area (Å²) in [6, 6.07) is 13.1. The number of aliphatic imine (C=N–C) groups is 1. The van der Waals surface area contributed by atoms with Gasteiger partial charge in [-0.05, 0) is 37.1 Å². The van der Waals surface area contributed by atoms with Gasteiger partial charge in [-0.15, -0.1) is 0 Å². The quantitative estimate of drug-likeness (QED) is 0.122. The van der Waals surface area contributed by atoms with Crippen LogP contribution in [-0.4, -0.2) is 35.3 Å². The van der Waals surface area contributed by atoms with Crippen LogP contribution in [0.25, 0.3) is 0 Å². The average molecular weight is 434 g/mol. The molecule has 0 bridgehead atoms. The Hall–Kier alpha value is -3.66. The number of guanidine groups is 1. The van der Waals surface area contributed by atoms with E-state index in [-0.39, 0.29) is 24.1 Å². The topological polar surface area (TPSA) is 166 Å². The van der Waals surface area contributed by atoms with Crippen molar-refractivity contribution in [2.75, 3.05) is 11.9 Å². The normalized spacial score (nSPS) is 10.8. The number of amides is 2. The first kappa shape index (κ1) is 24.4. The zero-order chi connectivity index (χ0) is 21.2. The van der Waals surface area contributed by atoms with E-state index in [4.69, 9.17) is 11.5 Å². The Kier molecular flexibility index (Phi) is 9.77. The molecule has 30 heavy (non-hydrogen) atoms. The molecule has 11 heteroatoms. The van der Waals surface area contributed by atoms with E-state index in [0.29, 0.717) is 30.6 Å². The van der Waals surface area contributed by atoms with Gasteiger partial charge in [-0.1, -0.05) is 18.2 Å². The smallest absolute Gasteiger partial charge is 0.269 e. The van der Waals surface area contributed by atoms with Crippen LogP contribution in [0.15, 0.2) is 59.6 Å². The van der Waals surface area contributed by atoms with Crippen LogP contribution in [0.2, 0.25) is 0 Å². The summed E-state index contributed by atoms with van der Waals surface area (Å²) >= 11 is 0. The highest BCUT2D eigenvalue weighted by atomic mass is 35.5. The zero-order valence-corrected chi connectivity index (χ0v) is 16.7. The zero-order valence-electron chi connectivity index (χ0n) is 16.0. The minimum atomic E-state index is -0.841. The van der Waals surface area contributed by atoms with Crippen LogP contribution in [0.5, 0.6) is 0 Å². The molecule has 0 radical (unpaired) electrons. The van der Waals surface area contributed by atoms with Gasteiger partial charge >= 0.3 is 0 Å². The highest BCUT2D eigenvalue weighted by Gasteiger charge is 2.21. The fraction of sp³-hybridized carbons (Fsp3) is 0.211. The lowest BCUT2D eigenvalue weighted by Gasteiger charge is -2.18. The number of nitro benzene ring substituents is 1. The molecule has 10 nitrogen and oxygen atoms in total. The second-order valence-corrected chi connectivity index (χ2v) is 6.13. The standard InChI is InChI=1S/C19H22N6O4.ClH/c20-19(21)22-12-4-7-16(24-17(26)13-5-2-1-3-6-13)18(27)23-14-8-10-15(11-9-14)25(28)29;/h1-3,5-6,8-11,16H,4,7,12H2,(H,23,27)(H,24,26)(H4,20,21,22);1H/p-1. The van der Waals surface area contributed by atoms with Gasteiger partial charge in [0.1, 0.15) is 6.04 Å². The Labute approximate surface area is 179 Å². The summed E-state index contributed by atoms with van der Waals surface area (Å²) < 4.78 is 0. The third-order valence-corrected chi connectivity index (χ3v) is 3.95. The molecular formula is C19H22ClN6O4-. The minimum absolute atomic E-state index is 0. The molecule has 0 saturated heterocycles. The second-order valence-electron chi connectivity index (χ2n) is 6.13. The number of nitrogens with zero attached hydrogens (tertiary/aromatic N) is 2. The number of nitro groups is 1. The summed E-state index contributed by atoms with van der Waals surface area (Å²) in [4.78, 5) is 39.2. The predicted molar refractivity (Wildman–Crippen MR) is 109 cm³/mol. The van der Waals surface area contributed by atoms with Crippen LogP contribution in [0, 0.1) is 10.1 Å². The Morgan fingerprint density at radius 3 is 2.27 bits per heavy atom. The summed E-state index contributed by atoms with van der Waals surface area (Å²) in [7, 11) is 0. The van der Waals surface area contributed by atoms with Gasteiger partial charge in [-0.2, -0.15) is 0 Å². The van der Waals surface area contributed by atoms with E-state index in [1.54, 1.807) is 30.3 Å². The van der Waals surface area contributed by atoms with Crippen LogP contribution in [-0.2, 0) is 4.79 Å². The molecule has 2 rings (SSSR count). The molecule has 0 aliphatic carbocycles. The van der Waals surface area contributed by atoms with Crippen molar-refractivity contribution in [1.29, 1.82) is 0 Å². The first-order valence-corrected chi connectivity index (χ1v) is 8.83. The summed E-state index contributed by atoms with van der Waals surface area (Å²) in [6.45, 7) is 0.310. The van der Waals surface area contributed by atoms with Gasteiger partial charge < -0.3 is 34.5 Å². The monoisotopic (exact) mass is 433 g/mol. The van der Waals surface area contributed by atoms with Crippen molar-refractivity contribution >= 4 is 29.1 Å². The van der Waals surface area contributed by atoms with Gasteiger partial charge in [0.2, 0.25) is 5.91 Å². The summed E-state index contributed by atoms with van der Waals surface area (Å²) in [5, 5.41) is 16.1. The van der Waals surface area contributed by atoms with E-state index in [9.17, 15) is 19.7 Å². The highest BCUT2D eigenvalue weighted by molar-refractivity contribution is 6.01. The number of carbonyl (C=O) groups is 2. The SMILES string of the molecule is NC(N)=NCCCC(NC(=O)c1ccccc1)C(=O)Nc1ccc([N+](=O)[O-])cc1.[Cl-]. The van der Waals surface area contributed by atoms with Crippen molar-refractivity contribution < 1.29 is 26.9 Å². The number of benzene rings is 2. The van der Waals surface area contributed by atoms with Crippen LogP contribution in [0.1, 0.15) is 23.2 Å². The molecule has 1 unspecified atom stereocenters. The molecule has 160 valence electrons. The van der Waals surface area contributed by atoms with Crippen molar-refractivity contribution in [1.82, 2.24) is 5.32 Å². The fourth-order valence-electron chi connectivity index (χ4n) is 2.50. The number of hydrogen-bond donors (Lipinski definition) is 4. The van der Waals surface area contributed by atoms with Gasteiger partial charge in [0.25, 0.3) is 11.6 Å². The summed E-state index contributed by atoms with van der Waals surface area (Å²) in [6.07, 6.45) is 0.763. The maximum absolute atomic E-state index is 12.7. The van der Waals surface area contributed by atoms with Crippen molar-refractivity contribution in [2.45, 2.75) is 18.9 Å². The second kappa shape index (κ2) is 12.0. The van der Waals surface area contributed by atoms with Gasteiger partial charge in [-0.3, -0.25) is 24.7 Å². The molecule has 0 aliphatic rings. The average Bonchev–Trinajstić information content (AvgIpc) is 2.71. The molecule has 0 aliphatic heterocycles. The van der Waals surface area contributed by atoms with Gasteiger partial charge in [0.15, 0.2) is 5.96 Å². The van der Waals surface area contributed by atoms with Crippen molar-refractivity contribution in [3.05, 3.63) is 70.3 Å². The van der Waals surface area contributed by atoms with E-state index < -0.39 is 22.8 Å². The van der Waals surface area contributed by atoms with Gasteiger partial charge in [-0.25, -0.2) is 0 Å². The van der Waals surface area contributed by atoms with E-state index in [2.05, 4.69) is 15.6 Å². The summed E-state index contributed by atoms with van der Waals surface area (Å²) in [5.74, 6) is -0.894. The highest BCUT2D eigenvalue weighted by Crippen LogP contribution is 2.16. The molecule has 2 aromatic carbocycles. The lowest BCUT2D eigenvalue weighted by atomic mass is 10.1. The summed E-state index contributed by atoms with van der Waals surface area (Å²) in [5.41, 5.74) is 11.3. The number of nitrogens with one attached hydrogen (secondary N) is 2. The van der Waals surface area contributed by atoms with E-state index in [0.717, 1.165) is 0 Å². The van der Waals surface area contributed by atoms with Crippen LogP contribution >= 0.6 is 0 Å². The lowest BCUT2D eigenvalue weighted by molar-refractivity contribution is -0.384. The predicted octanol–water partition coefficient (Wildman–Crippen LogP) is -1.61. The Morgan fingerprint density at radius 2 is 1.70 bits per heavy atom. The molecule has 0 saturated carbocycles. The molecule has 0 spiro atoms. The number of hydrogen-bond acceptors (Lipinski definition) is 5. The third kappa shape index (κ3) is 7.76. The first-order chi connectivity index (χ1) is 13.9. The first-order valence-electron chi connectivity index (χ1n) is 8.83. The lowest BCUT2D eigenvalue weighted by Crippen LogP contribution is -3.00. The molecule has 1 atom stereocenters. The fourth-order valence-corrected chi connectivity index (χ4v) is 2.50. The van der Waals surface area contributed by atoms with Crippen LogP contribution in [0.4, 0.5) is 11.4 Å². The number of non-ortho nitro benzene ring substituents is 1. The molecule has 0 aromatic heterocycles. The minimum Gasteiger partial charge on any atom is -1.00 e. The van der Waals surface area contributed by atoms with E-state index in [1.165, 1.54) is 24.3 Å². The van der Waals surface area contributed by atoms with Crippen molar-refractivity contribution in [2.24, 2.45) is 16.5 Å². The number of nitrogens with two attached hydrogens (primary N) is 2. The molecule has 0 heterocycles. The Balaban J connectivity index is 0.00000450. The number of halogens is 1. The Bertz CT molecular complexity index is 886. The van der Waals surface area contributed by atoms with Crippen LogP contribution < -0.4 is 34.5 Å². The van der Waals surface area contributed by atoms with Crippen LogP contribution in [0.3, 0.4) is 0 Å². The number of carbonyl (C=O) groups excluding carboxylic acids is 2. The molecule has 0 fully saturated rings.